The van der Waals surface area contributed by atoms with Gasteiger partial charge in [0.2, 0.25) is 5.91 Å². The maximum absolute atomic E-state index is 11.6. The summed E-state index contributed by atoms with van der Waals surface area (Å²) in [6.45, 7) is 0.551. The van der Waals surface area contributed by atoms with Gasteiger partial charge in [-0.3, -0.25) is 10.1 Å². The summed E-state index contributed by atoms with van der Waals surface area (Å²) < 4.78 is 2.51. The molecule has 0 aliphatic carbocycles. The monoisotopic (exact) mass is 422 g/mol. The first-order valence-electron chi connectivity index (χ1n) is 4.63. The number of terminal acetylenes is 1. The number of carbonyl (C=O) groups excluding carboxylic acids is 1. The molecule has 0 saturated carbocycles. The average Bonchev–Trinajstić information content (AvgIpc) is 2.24. The Morgan fingerprint density at radius 1 is 1.29 bits per heavy atom. The second-order valence-electron chi connectivity index (χ2n) is 3.10. The zero-order chi connectivity index (χ0) is 12.8. The molecular weight excluding hydrogens is 416 g/mol. The first-order valence-corrected chi connectivity index (χ1v) is 7.01. The molecule has 0 spiro atoms. The summed E-state index contributed by atoms with van der Waals surface area (Å²) in [5.41, 5.74) is 0.695. The Hall–Kier alpha value is -0.350. The van der Waals surface area contributed by atoms with Crippen molar-refractivity contribution in [2.24, 2.45) is 0 Å². The number of nitrogens with one attached hydrogen (secondary N) is 2. The van der Waals surface area contributed by atoms with E-state index in [0.717, 1.165) is 13.4 Å². The minimum absolute atomic E-state index is 0.149. The molecule has 2 N–H and O–H groups in total. The average molecular weight is 425 g/mol. The van der Waals surface area contributed by atoms with Crippen molar-refractivity contribution < 1.29 is 4.79 Å². The van der Waals surface area contributed by atoms with E-state index in [4.69, 9.17) is 6.42 Å². The van der Waals surface area contributed by atoms with E-state index >= 15 is 0 Å². The summed E-state index contributed by atoms with van der Waals surface area (Å²) in [5.74, 6) is 2.25. The van der Waals surface area contributed by atoms with Crippen LogP contribution in [0.15, 0.2) is 25.6 Å². The summed E-state index contributed by atoms with van der Waals surface area (Å²) >= 11 is 10.1. The smallest absolute Gasteiger partial charge is 0.238 e. The van der Waals surface area contributed by atoms with E-state index in [1.807, 2.05) is 12.1 Å². The molecule has 0 aromatic heterocycles. The van der Waals surface area contributed by atoms with Gasteiger partial charge in [0.05, 0.1) is 18.8 Å². The van der Waals surface area contributed by atoms with Crippen LogP contribution in [0.2, 0.25) is 0 Å². The molecule has 3 nitrogen and oxygen atoms in total. The minimum Gasteiger partial charge on any atom is -0.323 e. The number of amides is 1. The van der Waals surface area contributed by atoms with Crippen LogP contribution >= 0.6 is 47.8 Å². The molecule has 0 fully saturated rings. The third-order valence-electron chi connectivity index (χ3n) is 1.78. The van der Waals surface area contributed by atoms with Crippen LogP contribution in [0.4, 0.5) is 5.69 Å². The summed E-state index contributed by atoms with van der Waals surface area (Å²) in [6.07, 6.45) is 5.07. The van der Waals surface area contributed by atoms with Crippen LogP contribution in [0.3, 0.4) is 0 Å². The molecule has 0 heterocycles. The van der Waals surface area contributed by atoms with Crippen LogP contribution in [0, 0.1) is 12.3 Å². The van der Waals surface area contributed by atoms with Crippen LogP contribution < -0.4 is 10.6 Å². The van der Waals surface area contributed by atoms with Crippen molar-refractivity contribution in [3.63, 3.8) is 0 Å². The van der Waals surface area contributed by atoms with E-state index in [1.165, 1.54) is 0 Å². The van der Waals surface area contributed by atoms with Gasteiger partial charge in [-0.15, -0.1) is 6.42 Å². The van der Waals surface area contributed by atoms with Gasteiger partial charge < -0.3 is 5.32 Å². The lowest BCUT2D eigenvalue weighted by atomic mass is 10.3. The fourth-order valence-electron chi connectivity index (χ4n) is 1.09. The topological polar surface area (TPSA) is 41.1 Å². The minimum atomic E-state index is -0.149. The van der Waals surface area contributed by atoms with Crippen LogP contribution in [-0.2, 0) is 4.79 Å². The fraction of sp³-hybridized carbons (Fsp3) is 0.182. The molecule has 1 aromatic carbocycles. The van der Waals surface area contributed by atoms with Crippen molar-refractivity contribution in [2.75, 3.05) is 18.4 Å². The first-order chi connectivity index (χ1) is 8.04. The Morgan fingerprint density at radius 2 is 1.88 bits per heavy atom. The van der Waals surface area contributed by atoms with Crippen LogP contribution in [0.25, 0.3) is 0 Å². The van der Waals surface area contributed by atoms with E-state index in [0.29, 0.717) is 12.2 Å². The third-order valence-corrected chi connectivity index (χ3v) is 3.49. The van der Waals surface area contributed by atoms with E-state index in [-0.39, 0.29) is 12.5 Å². The van der Waals surface area contributed by atoms with E-state index in [1.54, 1.807) is 0 Å². The third kappa shape index (κ3) is 4.80. The highest BCUT2D eigenvalue weighted by Crippen LogP contribution is 2.34. The van der Waals surface area contributed by atoms with Gasteiger partial charge in [0.1, 0.15) is 0 Å². The standard InChI is InChI=1S/C11H9Br3N2O/c1-2-3-15-6-10(17)16-11-8(13)4-7(12)5-9(11)14/h1,4-5,15H,3,6H2,(H,16,17). The molecule has 0 saturated heterocycles. The Kier molecular flexibility index (Phi) is 6.20. The summed E-state index contributed by atoms with van der Waals surface area (Å²) in [7, 11) is 0. The van der Waals surface area contributed by atoms with E-state index in [9.17, 15) is 4.79 Å². The number of hydrogen-bond acceptors (Lipinski definition) is 2. The fourth-order valence-corrected chi connectivity index (χ4v) is 3.55. The van der Waals surface area contributed by atoms with Gasteiger partial charge in [0.15, 0.2) is 0 Å². The van der Waals surface area contributed by atoms with Crippen molar-refractivity contribution in [3.8, 4) is 12.3 Å². The van der Waals surface area contributed by atoms with Crippen LogP contribution in [-0.4, -0.2) is 19.0 Å². The molecule has 17 heavy (non-hydrogen) atoms. The molecule has 0 bridgehead atoms. The van der Waals surface area contributed by atoms with Crippen molar-refractivity contribution in [1.29, 1.82) is 0 Å². The predicted octanol–water partition coefficient (Wildman–Crippen LogP) is 3.14. The SMILES string of the molecule is C#CCNCC(=O)Nc1c(Br)cc(Br)cc1Br. The number of rotatable bonds is 4. The molecule has 1 aromatic rings. The van der Waals surface area contributed by atoms with Gasteiger partial charge in [-0.25, -0.2) is 0 Å². The van der Waals surface area contributed by atoms with Gasteiger partial charge >= 0.3 is 0 Å². The van der Waals surface area contributed by atoms with Gasteiger partial charge in [-0.05, 0) is 44.0 Å². The second-order valence-corrected chi connectivity index (χ2v) is 5.72. The highest BCUT2D eigenvalue weighted by Gasteiger charge is 2.09. The normalized spacial score (nSPS) is 9.76. The summed E-state index contributed by atoms with van der Waals surface area (Å²) in [5, 5.41) is 5.60. The number of benzene rings is 1. The summed E-state index contributed by atoms with van der Waals surface area (Å²) in [6, 6.07) is 3.71. The molecular formula is C11H9Br3N2O. The number of halogens is 3. The highest BCUT2D eigenvalue weighted by molar-refractivity contribution is 9.11. The number of anilines is 1. The van der Waals surface area contributed by atoms with Crippen molar-refractivity contribution in [3.05, 3.63) is 25.6 Å². The number of hydrogen-bond donors (Lipinski definition) is 2. The lowest BCUT2D eigenvalue weighted by molar-refractivity contribution is -0.115. The largest absolute Gasteiger partial charge is 0.323 e. The lowest BCUT2D eigenvalue weighted by Gasteiger charge is -2.10. The van der Waals surface area contributed by atoms with Gasteiger partial charge in [0.25, 0.3) is 0 Å². The molecule has 0 unspecified atom stereocenters. The highest BCUT2D eigenvalue weighted by atomic mass is 79.9. The maximum Gasteiger partial charge on any atom is 0.238 e. The molecule has 6 heteroatoms. The zero-order valence-electron chi connectivity index (χ0n) is 8.69. The summed E-state index contributed by atoms with van der Waals surface area (Å²) in [4.78, 5) is 11.6. The van der Waals surface area contributed by atoms with Crippen molar-refractivity contribution in [2.45, 2.75) is 0 Å². The Balaban J connectivity index is 2.69. The van der Waals surface area contributed by atoms with E-state index < -0.39 is 0 Å². The van der Waals surface area contributed by atoms with Gasteiger partial charge in [0, 0.05) is 13.4 Å². The zero-order valence-corrected chi connectivity index (χ0v) is 13.4. The van der Waals surface area contributed by atoms with E-state index in [2.05, 4.69) is 64.3 Å². The number of carbonyl (C=O) groups is 1. The Morgan fingerprint density at radius 3 is 2.41 bits per heavy atom. The molecule has 0 aliphatic rings. The molecule has 0 atom stereocenters. The first kappa shape index (κ1) is 14.7. The van der Waals surface area contributed by atoms with Crippen molar-refractivity contribution >= 4 is 59.4 Å². The quantitative estimate of drug-likeness (QED) is 0.576. The maximum atomic E-state index is 11.6. The van der Waals surface area contributed by atoms with Crippen molar-refractivity contribution in [1.82, 2.24) is 5.32 Å². The predicted molar refractivity (Wildman–Crippen MR) is 79.9 cm³/mol. The van der Waals surface area contributed by atoms with Crippen LogP contribution in [0.5, 0.6) is 0 Å². The second kappa shape index (κ2) is 7.17. The molecule has 0 radical (unpaired) electrons. The lowest BCUT2D eigenvalue weighted by Crippen LogP contribution is -2.28. The van der Waals surface area contributed by atoms with Crippen LogP contribution in [0.1, 0.15) is 0 Å². The molecule has 0 aliphatic heterocycles. The Labute approximate surface area is 125 Å². The molecule has 1 rings (SSSR count). The molecule has 1 amide bonds. The van der Waals surface area contributed by atoms with Gasteiger partial charge in [-0.2, -0.15) is 0 Å². The van der Waals surface area contributed by atoms with Gasteiger partial charge in [-0.1, -0.05) is 21.9 Å². The molecule has 90 valence electrons. The Bertz CT molecular complexity index is 445.